The average Bonchev–Trinajstić information content (AvgIpc) is 3.50. The molecule has 0 radical (unpaired) electrons. The van der Waals surface area contributed by atoms with Crippen molar-refractivity contribution in [3.05, 3.63) is 53.0 Å². The van der Waals surface area contributed by atoms with Gasteiger partial charge in [0.1, 0.15) is 17.2 Å². The maximum absolute atomic E-state index is 13.6. The molecule has 0 atom stereocenters. The van der Waals surface area contributed by atoms with Crippen molar-refractivity contribution in [2.24, 2.45) is 0 Å². The van der Waals surface area contributed by atoms with Crippen molar-refractivity contribution in [2.75, 3.05) is 11.1 Å². The number of anilines is 2. The molecule has 0 aliphatic heterocycles. The Morgan fingerprint density at radius 1 is 1.09 bits per heavy atom. The first-order chi connectivity index (χ1) is 16.3. The van der Waals surface area contributed by atoms with Crippen molar-refractivity contribution in [3.8, 4) is 11.3 Å². The zero-order valence-electron chi connectivity index (χ0n) is 17.7. The monoisotopic (exact) mass is 468 g/mol. The van der Waals surface area contributed by atoms with Crippen molar-refractivity contribution < 1.29 is 18.0 Å². The number of rotatable bonds is 4. The fourth-order valence-corrected chi connectivity index (χ4v) is 4.43. The highest BCUT2D eigenvalue weighted by Crippen LogP contribution is 2.41. The molecule has 9 nitrogen and oxygen atoms in total. The molecule has 12 heteroatoms. The van der Waals surface area contributed by atoms with Gasteiger partial charge < -0.3 is 11.1 Å². The highest BCUT2D eigenvalue weighted by Gasteiger charge is 2.37. The molecule has 0 bridgehead atoms. The highest BCUT2D eigenvalue weighted by atomic mass is 19.4. The number of hydrogen-bond donors (Lipinski definition) is 5. The molecular weight excluding hydrogens is 449 g/mol. The van der Waals surface area contributed by atoms with Crippen molar-refractivity contribution >= 4 is 34.0 Å². The first kappa shape index (κ1) is 21.6. The molecule has 3 heterocycles. The summed E-state index contributed by atoms with van der Waals surface area (Å²) >= 11 is 0. The summed E-state index contributed by atoms with van der Waals surface area (Å²) in [6.07, 6.45) is 0.628. The molecule has 0 unspecified atom stereocenters. The molecule has 0 fully saturated rings. The molecule has 3 aromatic heterocycles. The van der Waals surface area contributed by atoms with E-state index in [1.165, 1.54) is 18.3 Å². The Labute approximate surface area is 190 Å². The Morgan fingerprint density at radius 3 is 2.56 bits per heavy atom. The van der Waals surface area contributed by atoms with Gasteiger partial charge in [-0.15, -0.1) is 0 Å². The van der Waals surface area contributed by atoms with E-state index in [9.17, 15) is 18.0 Å². The van der Waals surface area contributed by atoms with Gasteiger partial charge in [-0.05, 0) is 48.9 Å². The van der Waals surface area contributed by atoms with Crippen LogP contribution in [-0.2, 0) is 23.8 Å². The van der Waals surface area contributed by atoms with Gasteiger partial charge in [0.25, 0.3) is 5.91 Å². The number of fused-ring (bicyclic) bond motifs is 3. The zero-order valence-corrected chi connectivity index (χ0v) is 17.7. The second-order valence-corrected chi connectivity index (χ2v) is 8.00. The maximum Gasteiger partial charge on any atom is 0.433 e. The number of aryl methyl sites for hydroxylation is 1. The molecule has 4 aromatic rings. The minimum atomic E-state index is -4.62. The summed E-state index contributed by atoms with van der Waals surface area (Å²) in [5.41, 5.74) is 7.12. The number of hydrogen-bond acceptors (Lipinski definition) is 6. The Morgan fingerprint density at radius 2 is 1.85 bits per heavy atom. The Hall–Kier alpha value is -4.22. The number of carbonyl (C=O) groups excluding carboxylic acids is 1. The van der Waals surface area contributed by atoms with Gasteiger partial charge in [0.2, 0.25) is 0 Å². The number of nitrogens with two attached hydrogens (primary N) is 1. The van der Waals surface area contributed by atoms with Gasteiger partial charge in [-0.1, -0.05) is 0 Å². The molecular formula is C22H19F3N8O. The van der Waals surface area contributed by atoms with E-state index in [-0.39, 0.29) is 28.2 Å². The molecule has 34 heavy (non-hydrogen) atoms. The number of nitrogens with one attached hydrogen (secondary N) is 4. The predicted octanol–water partition coefficient (Wildman–Crippen LogP) is 3.83. The highest BCUT2D eigenvalue weighted by molar-refractivity contribution is 6.50. The number of nitrogen functional groups attached to an aromatic ring is 1. The number of pyridine rings is 1. The van der Waals surface area contributed by atoms with Crippen LogP contribution in [0.5, 0.6) is 0 Å². The van der Waals surface area contributed by atoms with Crippen molar-refractivity contribution in [1.82, 2.24) is 25.4 Å². The van der Waals surface area contributed by atoms with Crippen LogP contribution in [0, 0.1) is 5.41 Å². The van der Waals surface area contributed by atoms with Crippen LogP contribution in [0.4, 0.5) is 24.7 Å². The van der Waals surface area contributed by atoms with Crippen molar-refractivity contribution in [3.63, 3.8) is 0 Å². The van der Waals surface area contributed by atoms with E-state index in [0.717, 1.165) is 24.6 Å². The molecule has 5 rings (SSSR count). The summed E-state index contributed by atoms with van der Waals surface area (Å²) < 4.78 is 40.8. The minimum Gasteiger partial charge on any atom is -0.398 e. The fraction of sp³-hybridized carbons (Fsp3) is 0.227. The van der Waals surface area contributed by atoms with Crippen LogP contribution >= 0.6 is 0 Å². The first-order valence-electron chi connectivity index (χ1n) is 10.5. The molecule has 1 amide bonds. The van der Waals surface area contributed by atoms with Crippen molar-refractivity contribution in [1.29, 1.82) is 5.41 Å². The van der Waals surface area contributed by atoms with Gasteiger partial charge in [0.05, 0.1) is 29.2 Å². The number of aromatic nitrogens is 5. The lowest BCUT2D eigenvalue weighted by molar-refractivity contribution is -0.140. The molecule has 1 aliphatic carbocycles. The molecule has 1 aromatic carbocycles. The predicted molar refractivity (Wildman–Crippen MR) is 119 cm³/mol. The average molecular weight is 468 g/mol. The van der Waals surface area contributed by atoms with E-state index >= 15 is 0 Å². The van der Waals surface area contributed by atoms with Gasteiger partial charge in [0.15, 0.2) is 0 Å². The third kappa shape index (κ3) is 3.56. The quantitative estimate of drug-likeness (QED) is 0.228. The van der Waals surface area contributed by atoms with Crippen LogP contribution in [0.15, 0.2) is 30.6 Å². The number of benzene rings is 1. The summed E-state index contributed by atoms with van der Waals surface area (Å²) in [5.74, 6) is -0.387. The third-order valence-corrected chi connectivity index (χ3v) is 5.91. The van der Waals surface area contributed by atoms with E-state index in [4.69, 9.17) is 11.1 Å². The van der Waals surface area contributed by atoms with Gasteiger partial charge in [-0.3, -0.25) is 20.4 Å². The Bertz CT molecular complexity index is 1420. The molecule has 0 spiro atoms. The molecule has 0 saturated carbocycles. The zero-order chi connectivity index (χ0) is 24.0. The number of alkyl halides is 3. The minimum absolute atomic E-state index is 0.127. The lowest BCUT2D eigenvalue weighted by Gasteiger charge is -2.23. The van der Waals surface area contributed by atoms with E-state index in [0.29, 0.717) is 35.1 Å². The molecule has 1 aliphatic rings. The first-order valence-corrected chi connectivity index (χ1v) is 10.5. The van der Waals surface area contributed by atoms with Gasteiger partial charge in [0, 0.05) is 22.7 Å². The molecule has 0 saturated heterocycles. The lowest BCUT2D eigenvalue weighted by atomic mass is 9.84. The topological polar surface area (TPSA) is 149 Å². The number of carbonyl (C=O) groups is 1. The van der Waals surface area contributed by atoms with Crippen LogP contribution in [0.25, 0.3) is 22.2 Å². The van der Waals surface area contributed by atoms with E-state index in [1.807, 2.05) is 5.10 Å². The van der Waals surface area contributed by atoms with E-state index in [2.05, 4.69) is 25.6 Å². The lowest BCUT2D eigenvalue weighted by Crippen LogP contribution is -2.25. The molecule has 174 valence electrons. The summed E-state index contributed by atoms with van der Waals surface area (Å²) in [7, 11) is 0. The third-order valence-electron chi connectivity index (χ3n) is 5.91. The van der Waals surface area contributed by atoms with Crippen LogP contribution in [-0.4, -0.2) is 37.0 Å². The van der Waals surface area contributed by atoms with Crippen LogP contribution in [0.2, 0.25) is 0 Å². The van der Waals surface area contributed by atoms with E-state index < -0.39 is 17.8 Å². The fourth-order valence-electron chi connectivity index (χ4n) is 4.43. The number of nitrogens with zero attached hydrogens (tertiary/aromatic N) is 3. The smallest absolute Gasteiger partial charge is 0.398 e. The Balaban J connectivity index is 1.71. The SMILES string of the molecule is N=C(C(=O)Nc1ccn[nH]1)c1c(N)ccc2nc(-c3cn[nH]c3C(F)(F)F)c3c(c12)CCCC3. The van der Waals surface area contributed by atoms with E-state index in [1.54, 1.807) is 6.07 Å². The van der Waals surface area contributed by atoms with Gasteiger partial charge >= 0.3 is 6.18 Å². The van der Waals surface area contributed by atoms with Gasteiger partial charge in [-0.2, -0.15) is 23.4 Å². The van der Waals surface area contributed by atoms with Crippen molar-refractivity contribution in [2.45, 2.75) is 31.9 Å². The Kier molecular flexibility index (Phi) is 5.07. The number of halogens is 3. The second-order valence-electron chi connectivity index (χ2n) is 8.00. The largest absolute Gasteiger partial charge is 0.433 e. The standard InChI is InChI=1S/C22H19F3N8O/c23-22(24,25)20-12(9-29-33-20)19-11-4-2-1-3-10(11)16-14(30-19)6-5-13(26)17(16)18(27)21(34)31-15-7-8-28-32-15/h5-9,27H,1-4,26H2,(H,29,33)(H2,28,31,32,34). The van der Waals surface area contributed by atoms with Crippen LogP contribution in [0.1, 0.15) is 35.2 Å². The van der Waals surface area contributed by atoms with Crippen LogP contribution in [0.3, 0.4) is 0 Å². The van der Waals surface area contributed by atoms with Gasteiger partial charge in [-0.25, -0.2) is 4.98 Å². The molecule has 6 N–H and O–H groups in total. The summed E-state index contributed by atoms with van der Waals surface area (Å²) in [6, 6.07) is 4.64. The number of aromatic amines is 2. The summed E-state index contributed by atoms with van der Waals surface area (Å²) in [4.78, 5) is 17.4. The number of amides is 1. The van der Waals surface area contributed by atoms with Crippen LogP contribution < -0.4 is 11.1 Å². The summed E-state index contributed by atoms with van der Waals surface area (Å²) in [5, 5.41) is 23.6. The normalized spacial score (nSPS) is 13.6. The number of H-pyrrole nitrogens is 2. The summed E-state index contributed by atoms with van der Waals surface area (Å²) in [6.45, 7) is 0. The maximum atomic E-state index is 13.6. The second kappa shape index (κ2) is 7.97.